The number of hydrogen-bond acceptors (Lipinski definition) is 2. The van der Waals surface area contributed by atoms with Crippen LogP contribution < -0.4 is 5.84 Å². The van der Waals surface area contributed by atoms with Crippen molar-refractivity contribution in [3.63, 3.8) is 0 Å². The van der Waals surface area contributed by atoms with E-state index in [4.69, 9.17) is 5.84 Å². The van der Waals surface area contributed by atoms with Crippen molar-refractivity contribution >= 4 is 22.1 Å². The van der Waals surface area contributed by atoms with Crippen molar-refractivity contribution in [3.8, 4) is 0 Å². The molecule has 6 heteroatoms. The van der Waals surface area contributed by atoms with E-state index >= 15 is 0 Å². The third-order valence-electron chi connectivity index (χ3n) is 1.34. The van der Waals surface area contributed by atoms with Crippen molar-refractivity contribution in [2.75, 3.05) is 0 Å². The van der Waals surface area contributed by atoms with Gasteiger partial charge in [-0.15, -0.1) is 0 Å². The molecule has 0 bridgehead atoms. The van der Waals surface area contributed by atoms with Gasteiger partial charge in [-0.05, 0) is 22.0 Å². The van der Waals surface area contributed by atoms with Crippen LogP contribution >= 0.6 is 15.9 Å². The molecule has 0 aliphatic rings. The van der Waals surface area contributed by atoms with Crippen LogP contribution in [0.4, 0.5) is 13.2 Å². The highest BCUT2D eigenvalue weighted by Crippen LogP contribution is 2.24. The minimum Gasteiger partial charge on any atom is -0.323 e. The first kappa shape index (κ1) is 10.0. The second-order valence-electron chi connectivity index (χ2n) is 2.17. The molecule has 0 saturated carbocycles. The van der Waals surface area contributed by atoms with Crippen LogP contribution in [0.2, 0.25) is 0 Å². The monoisotopic (exact) mass is 252 g/mol. The number of nitrogens with two attached hydrogens (primary N) is 1. The summed E-state index contributed by atoms with van der Waals surface area (Å²) in [7, 11) is 0. The molecule has 0 aliphatic heterocycles. The summed E-state index contributed by atoms with van der Waals surface area (Å²) >= 11 is 2.56. The number of hydrazone groups is 1. The van der Waals surface area contributed by atoms with E-state index < -0.39 is 21.9 Å². The predicted molar refractivity (Wildman–Crippen MR) is 45.8 cm³/mol. The second-order valence-corrected chi connectivity index (χ2v) is 2.96. The van der Waals surface area contributed by atoms with Crippen molar-refractivity contribution in [2.24, 2.45) is 10.9 Å². The van der Waals surface area contributed by atoms with Gasteiger partial charge < -0.3 is 5.84 Å². The van der Waals surface area contributed by atoms with Gasteiger partial charge in [-0.25, -0.2) is 13.2 Å². The fourth-order valence-electron chi connectivity index (χ4n) is 0.765. The zero-order valence-corrected chi connectivity index (χ0v) is 7.78. The minimum atomic E-state index is -1.27. The predicted octanol–water partition coefficient (Wildman–Crippen LogP) is 2.16. The average molecular weight is 253 g/mol. The molecule has 0 amide bonds. The quantitative estimate of drug-likeness (QED) is 0.269. The molecule has 0 fully saturated rings. The van der Waals surface area contributed by atoms with Crippen molar-refractivity contribution in [1.29, 1.82) is 0 Å². The molecule has 0 saturated heterocycles. The van der Waals surface area contributed by atoms with Crippen LogP contribution in [0, 0.1) is 17.5 Å². The van der Waals surface area contributed by atoms with Gasteiger partial charge in [0.2, 0.25) is 0 Å². The van der Waals surface area contributed by atoms with Crippen molar-refractivity contribution in [1.82, 2.24) is 0 Å². The Labute approximate surface area is 80.4 Å². The molecule has 0 atom stereocenters. The summed E-state index contributed by atoms with van der Waals surface area (Å²) in [6.45, 7) is 0. The number of benzene rings is 1. The van der Waals surface area contributed by atoms with Gasteiger partial charge in [0.25, 0.3) is 0 Å². The first-order chi connectivity index (χ1) is 6.07. The van der Waals surface area contributed by atoms with E-state index in [1.54, 1.807) is 0 Å². The molecule has 13 heavy (non-hydrogen) atoms. The molecule has 0 aliphatic carbocycles. The van der Waals surface area contributed by atoms with Crippen molar-refractivity contribution in [3.05, 3.63) is 33.6 Å². The zero-order valence-electron chi connectivity index (χ0n) is 6.19. The van der Waals surface area contributed by atoms with Crippen LogP contribution in [-0.4, -0.2) is 6.21 Å². The van der Waals surface area contributed by atoms with Gasteiger partial charge in [0, 0.05) is 5.56 Å². The summed E-state index contributed by atoms with van der Waals surface area (Å²) in [6.07, 6.45) is 0.891. The summed E-state index contributed by atoms with van der Waals surface area (Å²) in [4.78, 5) is 0. The smallest absolute Gasteiger partial charge is 0.175 e. The number of halogens is 4. The van der Waals surface area contributed by atoms with Gasteiger partial charge in [-0.3, -0.25) is 0 Å². The minimum absolute atomic E-state index is 0.215. The second kappa shape index (κ2) is 3.78. The van der Waals surface area contributed by atoms with E-state index in [1.165, 1.54) is 0 Å². The van der Waals surface area contributed by atoms with Gasteiger partial charge in [0.15, 0.2) is 11.6 Å². The topological polar surface area (TPSA) is 38.4 Å². The Kier molecular flexibility index (Phi) is 2.92. The summed E-state index contributed by atoms with van der Waals surface area (Å²) in [5.41, 5.74) is -0.215. The lowest BCUT2D eigenvalue weighted by Gasteiger charge is -2.01. The number of hydrogen-bond donors (Lipinski definition) is 1. The first-order valence-electron chi connectivity index (χ1n) is 3.14. The van der Waals surface area contributed by atoms with Gasteiger partial charge in [-0.2, -0.15) is 5.10 Å². The van der Waals surface area contributed by atoms with E-state index in [1.807, 2.05) is 0 Å². The van der Waals surface area contributed by atoms with Crippen molar-refractivity contribution < 1.29 is 13.2 Å². The summed E-state index contributed by atoms with van der Waals surface area (Å²) in [5, 5.41) is 3.00. The fourth-order valence-corrected chi connectivity index (χ4v) is 1.18. The third kappa shape index (κ3) is 1.82. The maximum absolute atomic E-state index is 13.0. The SMILES string of the molecule is NN=Cc1cc(F)c(F)c(Br)c1F. The summed E-state index contributed by atoms with van der Waals surface area (Å²) < 4.78 is 37.8. The summed E-state index contributed by atoms with van der Waals surface area (Å²) in [5.74, 6) is 1.37. The zero-order chi connectivity index (χ0) is 10.0. The standard InChI is InChI=1S/C7H4BrF3N2/c8-5-6(10)3(2-13-12)1-4(9)7(5)11/h1-2H,12H2. The molecule has 0 unspecified atom stereocenters. The normalized spacial score (nSPS) is 11.1. The Bertz CT molecular complexity index is 365. The Hall–Kier alpha value is -1.04. The molecule has 2 N–H and O–H groups in total. The number of nitrogens with zero attached hydrogens (tertiary/aromatic N) is 1. The molecule has 0 heterocycles. The van der Waals surface area contributed by atoms with Gasteiger partial charge in [0.1, 0.15) is 5.82 Å². The van der Waals surface area contributed by atoms with E-state index in [0.717, 1.165) is 6.21 Å². The molecule has 0 spiro atoms. The Morgan fingerprint density at radius 2 is 1.92 bits per heavy atom. The molecule has 0 radical (unpaired) electrons. The lowest BCUT2D eigenvalue weighted by molar-refractivity contribution is 0.487. The van der Waals surface area contributed by atoms with Crippen molar-refractivity contribution in [2.45, 2.75) is 0 Å². The molecule has 0 aromatic heterocycles. The molecule has 1 aromatic rings. The molecule has 1 rings (SSSR count). The van der Waals surface area contributed by atoms with Crippen LogP contribution in [-0.2, 0) is 0 Å². The highest BCUT2D eigenvalue weighted by atomic mass is 79.9. The molecular formula is C7H4BrF3N2. The fraction of sp³-hybridized carbons (Fsp3) is 0. The Morgan fingerprint density at radius 1 is 1.31 bits per heavy atom. The van der Waals surface area contributed by atoms with E-state index in [9.17, 15) is 13.2 Å². The van der Waals surface area contributed by atoms with Crippen LogP contribution in [0.25, 0.3) is 0 Å². The largest absolute Gasteiger partial charge is 0.323 e. The maximum Gasteiger partial charge on any atom is 0.175 e. The molecule has 2 nitrogen and oxygen atoms in total. The van der Waals surface area contributed by atoms with Crippen LogP contribution in [0.15, 0.2) is 15.6 Å². The molecule has 70 valence electrons. The lowest BCUT2D eigenvalue weighted by atomic mass is 10.2. The van der Waals surface area contributed by atoms with Gasteiger partial charge >= 0.3 is 0 Å². The Balaban J connectivity index is 3.40. The van der Waals surface area contributed by atoms with Crippen LogP contribution in [0.5, 0.6) is 0 Å². The molecule has 1 aromatic carbocycles. The third-order valence-corrected chi connectivity index (χ3v) is 2.04. The summed E-state index contributed by atoms with van der Waals surface area (Å²) in [6, 6.07) is 0.672. The van der Waals surface area contributed by atoms with Crippen LogP contribution in [0.3, 0.4) is 0 Å². The van der Waals surface area contributed by atoms with Gasteiger partial charge in [-0.1, -0.05) is 0 Å². The highest BCUT2D eigenvalue weighted by molar-refractivity contribution is 9.10. The van der Waals surface area contributed by atoms with E-state index in [-0.39, 0.29) is 5.56 Å². The number of rotatable bonds is 1. The van der Waals surface area contributed by atoms with Gasteiger partial charge in [0.05, 0.1) is 10.7 Å². The maximum atomic E-state index is 13.0. The van der Waals surface area contributed by atoms with Crippen LogP contribution in [0.1, 0.15) is 5.56 Å². The average Bonchev–Trinajstić information content (AvgIpc) is 2.11. The highest BCUT2D eigenvalue weighted by Gasteiger charge is 2.15. The Morgan fingerprint density at radius 3 is 2.46 bits per heavy atom. The van der Waals surface area contributed by atoms with E-state index in [0.29, 0.717) is 6.07 Å². The first-order valence-corrected chi connectivity index (χ1v) is 3.93. The lowest BCUT2D eigenvalue weighted by Crippen LogP contribution is -1.98. The molecular weight excluding hydrogens is 249 g/mol. The van der Waals surface area contributed by atoms with E-state index in [2.05, 4.69) is 21.0 Å².